The summed E-state index contributed by atoms with van der Waals surface area (Å²) in [6.45, 7) is 6.46. The topological polar surface area (TPSA) is 45.2 Å². The number of hydrogen-bond acceptors (Lipinski definition) is 4. The molecule has 4 nitrogen and oxygen atoms in total. The van der Waals surface area contributed by atoms with Crippen LogP contribution in [0, 0.1) is 6.92 Å². The molecular weight excluding hydrogens is 330 g/mol. The van der Waals surface area contributed by atoms with Crippen LogP contribution in [0.25, 0.3) is 0 Å². The van der Waals surface area contributed by atoms with Gasteiger partial charge in [0.1, 0.15) is 4.88 Å². The Bertz CT molecular complexity index is 656. The van der Waals surface area contributed by atoms with Gasteiger partial charge >= 0.3 is 0 Å². The number of nitrogens with zero attached hydrogens (tertiary/aromatic N) is 2. The maximum Gasteiger partial charge on any atom is 0.266 e. The first kappa shape index (κ1) is 17.9. The first-order valence-corrected chi connectivity index (χ1v) is 8.53. The number of nitrogens with one attached hydrogen (secondary N) is 1. The van der Waals surface area contributed by atoms with Crippen molar-refractivity contribution < 1.29 is 4.79 Å². The second-order valence-electron chi connectivity index (χ2n) is 5.56. The van der Waals surface area contributed by atoms with Gasteiger partial charge < -0.3 is 10.2 Å². The smallest absolute Gasteiger partial charge is 0.266 e. The molecule has 1 aromatic heterocycles. The van der Waals surface area contributed by atoms with Crippen molar-refractivity contribution >= 4 is 29.7 Å². The van der Waals surface area contributed by atoms with Crippen LogP contribution in [0.15, 0.2) is 30.5 Å². The van der Waals surface area contributed by atoms with Gasteiger partial charge in [0.05, 0.1) is 17.2 Å². The fourth-order valence-corrected chi connectivity index (χ4v) is 3.56. The minimum atomic E-state index is 0. The van der Waals surface area contributed by atoms with E-state index < -0.39 is 0 Å². The Morgan fingerprint density at radius 2 is 2.13 bits per heavy atom. The van der Waals surface area contributed by atoms with Crippen molar-refractivity contribution in [2.75, 3.05) is 19.6 Å². The zero-order valence-electron chi connectivity index (χ0n) is 13.4. The molecule has 1 saturated heterocycles. The van der Waals surface area contributed by atoms with E-state index in [2.05, 4.69) is 41.5 Å². The van der Waals surface area contributed by atoms with E-state index in [0.29, 0.717) is 0 Å². The summed E-state index contributed by atoms with van der Waals surface area (Å²) < 4.78 is 0. The van der Waals surface area contributed by atoms with Gasteiger partial charge in [0, 0.05) is 19.6 Å². The van der Waals surface area contributed by atoms with Gasteiger partial charge in [-0.2, -0.15) is 0 Å². The highest BCUT2D eigenvalue weighted by Gasteiger charge is 2.29. The molecule has 1 aliphatic heterocycles. The number of carbonyl (C=O) groups excluding carboxylic acids is 1. The van der Waals surface area contributed by atoms with Gasteiger partial charge in [-0.15, -0.1) is 23.7 Å². The molecule has 124 valence electrons. The third kappa shape index (κ3) is 3.91. The molecule has 0 aliphatic carbocycles. The van der Waals surface area contributed by atoms with Crippen molar-refractivity contribution in [1.82, 2.24) is 15.2 Å². The summed E-state index contributed by atoms with van der Waals surface area (Å²) in [6, 6.07) is 8.70. The molecule has 1 atom stereocenters. The average molecular weight is 352 g/mol. The Morgan fingerprint density at radius 3 is 2.74 bits per heavy atom. The van der Waals surface area contributed by atoms with Crippen molar-refractivity contribution in [3.63, 3.8) is 0 Å². The molecule has 0 radical (unpaired) electrons. The molecule has 3 rings (SSSR count). The molecule has 0 spiro atoms. The van der Waals surface area contributed by atoms with Gasteiger partial charge in [0.15, 0.2) is 0 Å². The molecule has 23 heavy (non-hydrogen) atoms. The largest absolute Gasteiger partial charge is 0.328 e. The molecule has 1 N–H and O–H groups in total. The van der Waals surface area contributed by atoms with Crippen molar-refractivity contribution in [2.24, 2.45) is 0 Å². The lowest BCUT2D eigenvalue weighted by Crippen LogP contribution is -2.48. The van der Waals surface area contributed by atoms with Gasteiger partial charge in [0.25, 0.3) is 5.91 Å². The molecule has 1 fully saturated rings. The number of carbonyl (C=O) groups is 1. The lowest BCUT2D eigenvalue weighted by atomic mass is 10.0. The van der Waals surface area contributed by atoms with Crippen LogP contribution in [-0.4, -0.2) is 35.4 Å². The van der Waals surface area contributed by atoms with E-state index in [-0.39, 0.29) is 24.4 Å². The molecule has 2 aromatic rings. The number of hydrogen-bond donors (Lipinski definition) is 1. The second kappa shape index (κ2) is 7.90. The number of rotatable bonds is 3. The number of aromatic nitrogens is 1. The summed E-state index contributed by atoms with van der Waals surface area (Å²) in [5, 5.41) is 4.33. The van der Waals surface area contributed by atoms with Crippen LogP contribution in [0.2, 0.25) is 0 Å². The number of benzene rings is 1. The number of aryl methyl sites for hydroxylation is 2. The van der Waals surface area contributed by atoms with Crippen molar-refractivity contribution in [3.05, 3.63) is 51.5 Å². The van der Waals surface area contributed by atoms with E-state index in [1.165, 1.54) is 22.5 Å². The van der Waals surface area contributed by atoms with Gasteiger partial charge in [-0.1, -0.05) is 31.2 Å². The number of piperazine rings is 1. The zero-order valence-corrected chi connectivity index (χ0v) is 15.0. The summed E-state index contributed by atoms with van der Waals surface area (Å²) in [5.74, 6) is 0.0941. The van der Waals surface area contributed by atoms with Crippen LogP contribution in [0.3, 0.4) is 0 Å². The van der Waals surface area contributed by atoms with E-state index in [9.17, 15) is 4.79 Å². The van der Waals surface area contributed by atoms with E-state index >= 15 is 0 Å². The minimum Gasteiger partial charge on any atom is -0.328 e. The molecule has 2 heterocycles. The third-order valence-electron chi connectivity index (χ3n) is 4.11. The summed E-state index contributed by atoms with van der Waals surface area (Å²) >= 11 is 1.47. The van der Waals surface area contributed by atoms with Gasteiger partial charge in [-0.3, -0.25) is 4.79 Å². The molecule has 1 unspecified atom stereocenters. The highest BCUT2D eigenvalue weighted by atomic mass is 35.5. The first-order valence-electron chi connectivity index (χ1n) is 7.72. The summed E-state index contributed by atoms with van der Waals surface area (Å²) in [4.78, 5) is 19.7. The number of halogens is 1. The maximum atomic E-state index is 12.8. The molecule has 1 aliphatic rings. The normalized spacial score (nSPS) is 17.7. The molecule has 1 aromatic carbocycles. The minimum absolute atomic E-state index is 0. The SMILES string of the molecule is CCc1ccc(C2CNCCN2C(=O)c2cnc(C)s2)cc1.Cl. The maximum absolute atomic E-state index is 12.8. The lowest BCUT2D eigenvalue weighted by molar-refractivity contribution is 0.0639. The second-order valence-corrected chi connectivity index (χ2v) is 6.79. The average Bonchev–Trinajstić information content (AvgIpc) is 3.01. The summed E-state index contributed by atoms with van der Waals surface area (Å²) in [7, 11) is 0. The first-order chi connectivity index (χ1) is 10.7. The van der Waals surface area contributed by atoms with E-state index in [1.54, 1.807) is 6.20 Å². The van der Waals surface area contributed by atoms with Crippen LogP contribution in [0.5, 0.6) is 0 Å². The number of amides is 1. The highest BCUT2D eigenvalue weighted by Crippen LogP contribution is 2.26. The van der Waals surface area contributed by atoms with Crippen molar-refractivity contribution in [2.45, 2.75) is 26.3 Å². The highest BCUT2D eigenvalue weighted by molar-refractivity contribution is 7.13. The van der Waals surface area contributed by atoms with Crippen LogP contribution in [0.1, 0.15) is 38.8 Å². The summed E-state index contributed by atoms with van der Waals surface area (Å²) in [6.07, 6.45) is 2.73. The van der Waals surface area contributed by atoms with Crippen LogP contribution in [0.4, 0.5) is 0 Å². The van der Waals surface area contributed by atoms with Crippen LogP contribution < -0.4 is 5.32 Å². The lowest BCUT2D eigenvalue weighted by Gasteiger charge is -2.36. The summed E-state index contributed by atoms with van der Waals surface area (Å²) in [5.41, 5.74) is 2.52. The predicted octanol–water partition coefficient (Wildman–Crippen LogP) is 3.22. The standard InChI is InChI=1S/C17H21N3OS.ClH/c1-3-13-4-6-14(7-5-13)15-10-18-8-9-20(15)17(21)16-11-19-12(2)22-16;/h4-7,11,15,18H,3,8-10H2,1-2H3;1H. The van der Waals surface area contributed by atoms with E-state index in [4.69, 9.17) is 0 Å². The quantitative estimate of drug-likeness (QED) is 0.923. The molecule has 0 bridgehead atoms. The zero-order chi connectivity index (χ0) is 15.5. The Kier molecular flexibility index (Phi) is 6.16. The van der Waals surface area contributed by atoms with Crippen molar-refractivity contribution in [3.8, 4) is 0 Å². The van der Waals surface area contributed by atoms with Gasteiger partial charge in [-0.05, 0) is 24.5 Å². The Labute approximate surface area is 147 Å². The number of thiazole rings is 1. The fraction of sp³-hybridized carbons (Fsp3) is 0.412. The molecule has 6 heteroatoms. The Balaban J connectivity index is 0.00000192. The monoisotopic (exact) mass is 351 g/mol. The molecule has 1 amide bonds. The van der Waals surface area contributed by atoms with E-state index in [0.717, 1.165) is 35.9 Å². The molecule has 0 saturated carbocycles. The third-order valence-corrected chi connectivity index (χ3v) is 5.01. The van der Waals surface area contributed by atoms with Crippen molar-refractivity contribution in [1.29, 1.82) is 0 Å². The molecular formula is C17H22ClN3OS. The van der Waals surface area contributed by atoms with Gasteiger partial charge in [0.2, 0.25) is 0 Å². The Morgan fingerprint density at radius 1 is 1.39 bits per heavy atom. The van der Waals surface area contributed by atoms with Crippen LogP contribution >= 0.6 is 23.7 Å². The van der Waals surface area contributed by atoms with E-state index in [1.807, 2.05) is 11.8 Å². The predicted molar refractivity (Wildman–Crippen MR) is 96.6 cm³/mol. The van der Waals surface area contributed by atoms with Gasteiger partial charge in [-0.25, -0.2) is 4.98 Å². The Hall–Kier alpha value is -1.43. The fourth-order valence-electron chi connectivity index (χ4n) is 2.82. The van der Waals surface area contributed by atoms with Crippen LogP contribution in [-0.2, 0) is 6.42 Å².